The Morgan fingerprint density at radius 2 is 1.87 bits per heavy atom. The van der Waals surface area contributed by atoms with E-state index in [1.54, 1.807) is 17.4 Å². The van der Waals surface area contributed by atoms with Crippen LogP contribution in [0.2, 0.25) is 0 Å². The van der Waals surface area contributed by atoms with Gasteiger partial charge in [-0.2, -0.15) is 11.3 Å². The molecule has 1 N–H and O–H groups in total. The molecule has 6 heteroatoms. The van der Waals surface area contributed by atoms with Crippen LogP contribution in [-0.2, 0) is 9.59 Å². The summed E-state index contributed by atoms with van der Waals surface area (Å²) in [4.78, 5) is 29.5. The largest absolute Gasteiger partial charge is 0.354 e. The summed E-state index contributed by atoms with van der Waals surface area (Å²) in [6, 6.07) is 12.2. The SMILES string of the molecule is CCN(CC)C(CNC(=O)C1CCN(C(=O)/C=C/c2ccccc2)CC1)c1ccsc1. The summed E-state index contributed by atoms with van der Waals surface area (Å²) in [5.74, 6) is 0.100. The topological polar surface area (TPSA) is 52.7 Å². The number of hydrogen-bond acceptors (Lipinski definition) is 4. The van der Waals surface area contributed by atoms with Gasteiger partial charge in [-0.25, -0.2) is 0 Å². The lowest BCUT2D eigenvalue weighted by atomic mass is 9.95. The molecule has 3 rings (SSSR count). The van der Waals surface area contributed by atoms with Crippen molar-refractivity contribution in [1.82, 2.24) is 15.1 Å². The Labute approximate surface area is 189 Å². The molecule has 166 valence electrons. The van der Waals surface area contributed by atoms with Crippen molar-refractivity contribution < 1.29 is 9.59 Å². The molecule has 1 unspecified atom stereocenters. The third kappa shape index (κ3) is 6.52. The van der Waals surface area contributed by atoms with E-state index in [4.69, 9.17) is 0 Å². The summed E-state index contributed by atoms with van der Waals surface area (Å²) in [5.41, 5.74) is 2.28. The van der Waals surface area contributed by atoms with E-state index in [1.165, 1.54) is 5.56 Å². The van der Waals surface area contributed by atoms with Crippen LogP contribution in [0.1, 0.15) is 43.9 Å². The number of amides is 2. The van der Waals surface area contributed by atoms with E-state index in [2.05, 4.69) is 40.9 Å². The number of thiophene rings is 1. The highest BCUT2D eigenvalue weighted by atomic mass is 32.1. The molecule has 1 aliphatic rings. The number of hydrogen-bond donors (Lipinski definition) is 1. The van der Waals surface area contributed by atoms with E-state index in [0.717, 1.165) is 18.7 Å². The molecule has 5 nitrogen and oxygen atoms in total. The molecule has 1 saturated heterocycles. The van der Waals surface area contributed by atoms with Gasteiger partial charge in [0, 0.05) is 31.6 Å². The first-order valence-electron chi connectivity index (χ1n) is 11.2. The smallest absolute Gasteiger partial charge is 0.246 e. The Hall–Kier alpha value is -2.44. The van der Waals surface area contributed by atoms with Crippen molar-refractivity contribution in [2.75, 3.05) is 32.7 Å². The minimum absolute atomic E-state index is 0.0155. The first kappa shape index (κ1) is 23.2. The van der Waals surface area contributed by atoms with E-state index < -0.39 is 0 Å². The Balaban J connectivity index is 1.48. The Morgan fingerprint density at radius 3 is 2.48 bits per heavy atom. The van der Waals surface area contributed by atoms with Gasteiger partial charge in [0.25, 0.3) is 0 Å². The molecule has 0 bridgehead atoms. The molecule has 1 atom stereocenters. The molecule has 2 amide bonds. The zero-order chi connectivity index (χ0) is 22.1. The fourth-order valence-corrected chi connectivity index (χ4v) is 4.83. The standard InChI is InChI=1S/C25H33N3O2S/c1-3-27(4-2)23(22-14-17-31-19-22)18-26-25(30)21-12-15-28(16-13-21)24(29)11-10-20-8-6-5-7-9-20/h5-11,14,17,19,21,23H,3-4,12-13,15-16,18H2,1-2H3,(H,26,30)/b11-10+. The zero-order valence-electron chi connectivity index (χ0n) is 18.5. The van der Waals surface area contributed by atoms with Gasteiger partial charge in [0.05, 0.1) is 6.04 Å². The summed E-state index contributed by atoms with van der Waals surface area (Å²) in [6.07, 6.45) is 4.90. The number of nitrogens with one attached hydrogen (secondary N) is 1. The highest BCUT2D eigenvalue weighted by Gasteiger charge is 2.27. The molecular formula is C25H33N3O2S. The molecule has 31 heavy (non-hydrogen) atoms. The normalized spacial score (nSPS) is 16.0. The maximum Gasteiger partial charge on any atom is 0.246 e. The lowest BCUT2D eigenvalue weighted by Gasteiger charge is -2.32. The van der Waals surface area contributed by atoms with Crippen LogP contribution in [0.3, 0.4) is 0 Å². The third-order valence-electron chi connectivity index (χ3n) is 6.05. The van der Waals surface area contributed by atoms with Crippen LogP contribution < -0.4 is 5.32 Å². The van der Waals surface area contributed by atoms with Crippen LogP contribution in [0.25, 0.3) is 6.08 Å². The molecule has 1 aromatic heterocycles. The Bertz CT molecular complexity index is 839. The fraction of sp³-hybridized carbons (Fsp3) is 0.440. The van der Waals surface area contributed by atoms with Crippen molar-refractivity contribution in [3.63, 3.8) is 0 Å². The summed E-state index contributed by atoms with van der Waals surface area (Å²) in [7, 11) is 0. The van der Waals surface area contributed by atoms with Crippen LogP contribution in [0, 0.1) is 5.92 Å². The third-order valence-corrected chi connectivity index (χ3v) is 6.75. The highest BCUT2D eigenvalue weighted by Crippen LogP contribution is 2.23. The van der Waals surface area contributed by atoms with Crippen LogP contribution in [0.5, 0.6) is 0 Å². The lowest BCUT2D eigenvalue weighted by Crippen LogP contribution is -2.44. The van der Waals surface area contributed by atoms with Gasteiger partial charge in [-0.15, -0.1) is 0 Å². The molecule has 1 aliphatic heterocycles. The Morgan fingerprint density at radius 1 is 1.16 bits per heavy atom. The summed E-state index contributed by atoms with van der Waals surface area (Å²) in [5, 5.41) is 7.45. The van der Waals surface area contributed by atoms with Gasteiger partial charge < -0.3 is 10.2 Å². The Kier molecular flexibility index (Phi) is 8.85. The van der Waals surface area contributed by atoms with Gasteiger partial charge in [0.2, 0.25) is 11.8 Å². The summed E-state index contributed by atoms with van der Waals surface area (Å²) < 4.78 is 0. The van der Waals surface area contributed by atoms with Gasteiger partial charge in [-0.05, 0) is 60.0 Å². The molecule has 2 heterocycles. The second-order valence-corrected chi connectivity index (χ2v) is 8.66. The number of carbonyl (C=O) groups excluding carboxylic acids is 2. The molecule has 2 aromatic rings. The van der Waals surface area contributed by atoms with E-state index >= 15 is 0 Å². The maximum absolute atomic E-state index is 12.8. The van der Waals surface area contributed by atoms with Crippen molar-refractivity contribution in [3.8, 4) is 0 Å². The lowest BCUT2D eigenvalue weighted by molar-refractivity contribution is -0.132. The molecule has 0 aliphatic carbocycles. The van der Waals surface area contributed by atoms with E-state index in [9.17, 15) is 9.59 Å². The average molecular weight is 440 g/mol. The molecular weight excluding hydrogens is 406 g/mol. The first-order chi connectivity index (χ1) is 15.1. The quantitative estimate of drug-likeness (QED) is 0.596. The van der Waals surface area contributed by atoms with Gasteiger partial charge in [-0.3, -0.25) is 14.5 Å². The number of piperidine rings is 1. The highest BCUT2D eigenvalue weighted by molar-refractivity contribution is 7.08. The van der Waals surface area contributed by atoms with Gasteiger partial charge in [0.15, 0.2) is 0 Å². The van der Waals surface area contributed by atoms with Crippen molar-refractivity contribution in [2.45, 2.75) is 32.7 Å². The second-order valence-electron chi connectivity index (χ2n) is 7.88. The van der Waals surface area contributed by atoms with Crippen LogP contribution in [0.4, 0.5) is 0 Å². The monoisotopic (exact) mass is 439 g/mol. The fourth-order valence-electron chi connectivity index (χ4n) is 4.13. The molecule has 0 spiro atoms. The van der Waals surface area contributed by atoms with Gasteiger partial charge in [-0.1, -0.05) is 44.2 Å². The minimum atomic E-state index is -0.0259. The average Bonchev–Trinajstić information content (AvgIpc) is 3.35. The number of carbonyl (C=O) groups is 2. The van der Waals surface area contributed by atoms with E-state index in [1.807, 2.05) is 41.3 Å². The number of likely N-dealkylation sites (N-methyl/N-ethyl adjacent to an activating group) is 1. The van der Waals surface area contributed by atoms with Gasteiger partial charge in [0.1, 0.15) is 0 Å². The van der Waals surface area contributed by atoms with Gasteiger partial charge >= 0.3 is 0 Å². The van der Waals surface area contributed by atoms with Crippen LogP contribution in [0.15, 0.2) is 53.2 Å². The predicted octanol–water partition coefficient (Wildman–Crippen LogP) is 4.20. The molecule has 0 radical (unpaired) electrons. The summed E-state index contributed by atoms with van der Waals surface area (Å²) >= 11 is 1.69. The van der Waals surface area contributed by atoms with Crippen molar-refractivity contribution in [2.24, 2.45) is 5.92 Å². The number of benzene rings is 1. The van der Waals surface area contributed by atoms with Crippen molar-refractivity contribution in [1.29, 1.82) is 0 Å². The number of nitrogens with zero attached hydrogens (tertiary/aromatic N) is 2. The maximum atomic E-state index is 12.8. The molecule has 1 aromatic carbocycles. The minimum Gasteiger partial charge on any atom is -0.354 e. The zero-order valence-corrected chi connectivity index (χ0v) is 19.3. The van der Waals surface area contributed by atoms with Crippen molar-refractivity contribution in [3.05, 3.63) is 64.4 Å². The number of likely N-dealkylation sites (tertiary alicyclic amines) is 1. The predicted molar refractivity (Wildman–Crippen MR) is 128 cm³/mol. The van der Waals surface area contributed by atoms with E-state index in [-0.39, 0.29) is 23.8 Å². The van der Waals surface area contributed by atoms with Crippen LogP contribution >= 0.6 is 11.3 Å². The van der Waals surface area contributed by atoms with E-state index in [0.29, 0.717) is 32.5 Å². The second kappa shape index (κ2) is 11.8. The summed E-state index contributed by atoms with van der Waals surface area (Å²) in [6.45, 7) is 8.08. The van der Waals surface area contributed by atoms with Crippen molar-refractivity contribution >= 4 is 29.2 Å². The molecule has 0 saturated carbocycles. The number of rotatable bonds is 9. The first-order valence-corrected chi connectivity index (χ1v) is 12.1. The van der Waals surface area contributed by atoms with Crippen LogP contribution in [-0.4, -0.2) is 54.3 Å². The molecule has 1 fully saturated rings.